The molecule has 18 nitrogen and oxygen atoms in total. The number of hydrogen-bond acceptors (Lipinski definition) is 15. The Hall–Kier alpha value is -4.79. The first-order chi connectivity index (χ1) is 28.4. The third kappa shape index (κ3) is 16.2. The van der Waals surface area contributed by atoms with E-state index >= 15 is 0 Å². The van der Waals surface area contributed by atoms with Gasteiger partial charge in [-0.3, -0.25) is 20.2 Å². The minimum absolute atomic E-state index is 0.0241. The van der Waals surface area contributed by atoms with Crippen molar-refractivity contribution in [2.75, 3.05) is 138 Å². The molecule has 0 atom stereocenters. The predicted octanol–water partition coefficient (Wildman–Crippen LogP) is 4.93. The number of benzene rings is 3. The van der Waals surface area contributed by atoms with Crippen LogP contribution in [0, 0.1) is 20.2 Å². The highest BCUT2D eigenvalue weighted by Gasteiger charge is 2.29. The summed E-state index contributed by atoms with van der Waals surface area (Å²) in [6.45, 7) is 7.44. The van der Waals surface area contributed by atoms with Crippen molar-refractivity contribution in [2.24, 2.45) is 0 Å². The topological polar surface area (TPSA) is 202 Å². The number of anilines is 1. The van der Waals surface area contributed by atoms with E-state index < -0.39 is 9.85 Å². The molecule has 0 aliphatic heterocycles. The van der Waals surface area contributed by atoms with Gasteiger partial charge in [0.2, 0.25) is 0 Å². The molecule has 0 aromatic heterocycles. The Labute approximate surface area is 337 Å². The zero-order valence-electron chi connectivity index (χ0n) is 32.9. The zero-order chi connectivity index (χ0) is 41.2. The van der Waals surface area contributed by atoms with E-state index in [4.69, 9.17) is 42.6 Å². The highest BCUT2D eigenvalue weighted by atomic mass is 16.6. The van der Waals surface area contributed by atoms with E-state index in [0.717, 1.165) is 6.07 Å². The Bertz CT molecular complexity index is 1640. The van der Waals surface area contributed by atoms with Crippen molar-refractivity contribution >= 4 is 23.2 Å². The number of hydrogen-bond donors (Lipinski definition) is 1. The lowest BCUT2D eigenvalue weighted by Gasteiger charge is -2.19. The first-order valence-corrected chi connectivity index (χ1v) is 19.2. The normalized spacial score (nSPS) is 11.9. The fourth-order valence-electron chi connectivity index (χ4n) is 5.83. The van der Waals surface area contributed by atoms with Crippen LogP contribution in [0.3, 0.4) is 0 Å². The number of nitrogens with one attached hydrogen (secondary N) is 1. The monoisotopic (exact) mass is 814 g/mol. The summed E-state index contributed by atoms with van der Waals surface area (Å²) < 4.78 is 49.6. The van der Waals surface area contributed by atoms with Gasteiger partial charge >= 0.3 is 6.09 Å². The van der Waals surface area contributed by atoms with Gasteiger partial charge < -0.3 is 52.8 Å². The molecule has 4 rings (SSSR count). The molecule has 0 radical (unpaired) electrons. The van der Waals surface area contributed by atoms with E-state index in [2.05, 4.69) is 29.6 Å². The molecular formula is C40H54N4O14. The lowest BCUT2D eigenvalue weighted by atomic mass is 9.98. The number of nitro groups is 2. The van der Waals surface area contributed by atoms with Gasteiger partial charge in [0.25, 0.3) is 11.4 Å². The maximum atomic E-state index is 12.6. The Kier molecular flexibility index (Phi) is 21.4. The van der Waals surface area contributed by atoms with Gasteiger partial charge in [-0.2, -0.15) is 0 Å². The Balaban J connectivity index is 0.836. The molecule has 58 heavy (non-hydrogen) atoms. The average Bonchev–Trinajstić information content (AvgIpc) is 3.55. The SMILES string of the molecule is CN(CCOCCOCCOCCOCCOCCOCCOCCOCCNc1ccc([N+](=O)[O-])cc1[N+](=O)[O-])C(=O)OCC1c2ccccc2-c2ccccc21. The van der Waals surface area contributed by atoms with Gasteiger partial charge in [0.05, 0.1) is 122 Å². The van der Waals surface area contributed by atoms with Crippen molar-refractivity contribution in [3.63, 3.8) is 0 Å². The lowest BCUT2D eigenvalue weighted by molar-refractivity contribution is -0.393. The number of rotatable bonds is 32. The second kappa shape index (κ2) is 27.0. The molecule has 318 valence electrons. The van der Waals surface area contributed by atoms with Crippen molar-refractivity contribution < 1.29 is 57.3 Å². The van der Waals surface area contributed by atoms with Gasteiger partial charge in [0.15, 0.2) is 0 Å². The number of likely N-dealkylation sites (N-methyl/N-ethyl adjacent to an activating group) is 1. The van der Waals surface area contributed by atoms with Crippen LogP contribution in [0.15, 0.2) is 66.7 Å². The lowest BCUT2D eigenvalue weighted by Crippen LogP contribution is -2.32. The number of carbonyl (C=O) groups excluding carboxylic acids is 1. The van der Waals surface area contributed by atoms with Gasteiger partial charge in [0.1, 0.15) is 12.3 Å². The number of amides is 1. The zero-order valence-corrected chi connectivity index (χ0v) is 32.9. The van der Waals surface area contributed by atoms with Crippen molar-refractivity contribution in [1.82, 2.24) is 4.90 Å². The van der Waals surface area contributed by atoms with E-state index in [0.29, 0.717) is 106 Å². The summed E-state index contributed by atoms with van der Waals surface area (Å²) in [6, 6.07) is 19.9. The molecule has 18 heteroatoms. The second-order valence-corrected chi connectivity index (χ2v) is 12.8. The molecule has 0 bridgehead atoms. The quantitative estimate of drug-likeness (QED) is 0.0505. The van der Waals surface area contributed by atoms with Gasteiger partial charge in [-0.05, 0) is 28.3 Å². The van der Waals surface area contributed by atoms with Crippen LogP contribution in [0.1, 0.15) is 17.0 Å². The molecule has 0 heterocycles. The van der Waals surface area contributed by atoms with Crippen molar-refractivity contribution in [2.45, 2.75) is 5.92 Å². The Morgan fingerprint density at radius 2 is 1.03 bits per heavy atom. The van der Waals surface area contributed by atoms with Crippen LogP contribution in [-0.2, 0) is 42.6 Å². The number of fused-ring (bicyclic) bond motifs is 3. The van der Waals surface area contributed by atoms with Crippen molar-refractivity contribution in [3.8, 4) is 11.1 Å². The second-order valence-electron chi connectivity index (χ2n) is 12.8. The molecular weight excluding hydrogens is 760 g/mol. The van der Waals surface area contributed by atoms with Gasteiger partial charge in [-0.25, -0.2) is 4.79 Å². The summed E-state index contributed by atoms with van der Waals surface area (Å²) in [5, 5.41) is 24.9. The summed E-state index contributed by atoms with van der Waals surface area (Å²) in [6.07, 6.45) is -0.380. The molecule has 1 amide bonds. The maximum absolute atomic E-state index is 12.6. The number of ether oxygens (including phenoxy) is 9. The molecule has 0 saturated heterocycles. The van der Waals surface area contributed by atoms with Crippen LogP contribution < -0.4 is 5.32 Å². The number of non-ortho nitro benzene ring substituents is 1. The minimum Gasteiger partial charge on any atom is -0.448 e. The Morgan fingerprint density at radius 1 is 0.603 bits per heavy atom. The molecule has 0 spiro atoms. The molecule has 1 N–H and O–H groups in total. The van der Waals surface area contributed by atoms with Crippen LogP contribution in [0.4, 0.5) is 21.9 Å². The van der Waals surface area contributed by atoms with Crippen LogP contribution >= 0.6 is 0 Å². The molecule has 0 unspecified atom stereocenters. The van der Waals surface area contributed by atoms with E-state index in [-0.39, 0.29) is 48.8 Å². The van der Waals surface area contributed by atoms with Crippen LogP contribution in [0.2, 0.25) is 0 Å². The van der Waals surface area contributed by atoms with Gasteiger partial charge in [-0.1, -0.05) is 48.5 Å². The molecule has 0 fully saturated rings. The van der Waals surface area contributed by atoms with Gasteiger partial charge in [0, 0.05) is 32.1 Å². The summed E-state index contributed by atoms with van der Waals surface area (Å²) >= 11 is 0. The maximum Gasteiger partial charge on any atom is 0.409 e. The van der Waals surface area contributed by atoms with Crippen LogP contribution in [0.5, 0.6) is 0 Å². The Morgan fingerprint density at radius 3 is 1.48 bits per heavy atom. The molecule has 3 aromatic rings. The summed E-state index contributed by atoms with van der Waals surface area (Å²) in [5.41, 5.74) is 4.21. The molecule has 1 aliphatic carbocycles. The largest absolute Gasteiger partial charge is 0.448 e. The number of nitrogens with zero attached hydrogens (tertiary/aromatic N) is 3. The van der Waals surface area contributed by atoms with Crippen molar-refractivity contribution in [3.05, 3.63) is 98.1 Å². The minimum atomic E-state index is -0.683. The standard InChI is InChI=1S/C40H54N4O14/c1-42(40(45)58-31-37-35-8-4-2-6-33(35)34-7-3-5-9-36(34)37)13-15-51-17-19-53-21-23-55-25-27-57-29-28-56-26-24-54-22-20-52-18-16-50-14-12-41-38-11-10-32(43(46)47)30-39(38)44(48)49/h2-11,30,37,41H,12-29,31H2,1H3. The van der Waals surface area contributed by atoms with E-state index in [9.17, 15) is 25.0 Å². The first kappa shape index (κ1) is 45.9. The average molecular weight is 815 g/mol. The summed E-state index contributed by atoms with van der Waals surface area (Å²) in [4.78, 5) is 34.8. The first-order valence-electron chi connectivity index (χ1n) is 19.2. The highest BCUT2D eigenvalue weighted by molar-refractivity contribution is 5.79. The van der Waals surface area contributed by atoms with Crippen molar-refractivity contribution in [1.29, 1.82) is 0 Å². The fraction of sp³-hybridized carbons (Fsp3) is 0.525. The predicted molar refractivity (Wildman–Crippen MR) is 212 cm³/mol. The van der Waals surface area contributed by atoms with E-state index in [1.807, 2.05) is 24.3 Å². The summed E-state index contributed by atoms with van der Waals surface area (Å²) in [7, 11) is 1.70. The van der Waals surface area contributed by atoms with Crippen LogP contribution in [0.25, 0.3) is 11.1 Å². The molecule has 0 saturated carbocycles. The van der Waals surface area contributed by atoms with Gasteiger partial charge in [-0.15, -0.1) is 0 Å². The number of nitro benzene ring substituents is 2. The van der Waals surface area contributed by atoms with E-state index in [1.54, 1.807) is 7.05 Å². The van der Waals surface area contributed by atoms with Crippen LogP contribution in [-0.4, -0.2) is 153 Å². The third-order valence-electron chi connectivity index (χ3n) is 8.77. The smallest absolute Gasteiger partial charge is 0.409 e. The summed E-state index contributed by atoms with van der Waals surface area (Å²) in [5.74, 6) is 0.0241. The molecule has 1 aliphatic rings. The fourth-order valence-corrected chi connectivity index (χ4v) is 5.83. The molecule has 3 aromatic carbocycles. The highest BCUT2D eigenvalue weighted by Crippen LogP contribution is 2.44. The third-order valence-corrected chi connectivity index (χ3v) is 8.77. The van der Waals surface area contributed by atoms with E-state index in [1.165, 1.54) is 39.3 Å². The number of carbonyl (C=O) groups is 1.